The summed E-state index contributed by atoms with van der Waals surface area (Å²) in [6.07, 6.45) is 1.64. The van der Waals surface area contributed by atoms with Crippen molar-refractivity contribution in [3.05, 3.63) is 35.5 Å². The van der Waals surface area contributed by atoms with Gasteiger partial charge < -0.3 is 15.2 Å². The third-order valence-corrected chi connectivity index (χ3v) is 2.97. The molecular weight excluding hydrogens is 252 g/mol. The number of methoxy groups -OCH3 is 2. The van der Waals surface area contributed by atoms with Gasteiger partial charge in [-0.05, 0) is 24.3 Å². The molecule has 5 heteroatoms. The van der Waals surface area contributed by atoms with Crippen LogP contribution in [-0.4, -0.2) is 19.2 Å². The summed E-state index contributed by atoms with van der Waals surface area (Å²) in [7, 11) is 3.11. The Labute approximate surface area is 110 Å². The van der Waals surface area contributed by atoms with Crippen molar-refractivity contribution in [2.45, 2.75) is 0 Å². The summed E-state index contributed by atoms with van der Waals surface area (Å²) in [4.78, 5) is 4.05. The van der Waals surface area contributed by atoms with Crippen molar-refractivity contribution in [2.75, 3.05) is 20.0 Å². The van der Waals surface area contributed by atoms with Gasteiger partial charge in [0.2, 0.25) is 0 Å². The van der Waals surface area contributed by atoms with Crippen LogP contribution in [0, 0.1) is 0 Å². The Morgan fingerprint density at radius 1 is 1.11 bits per heavy atom. The van der Waals surface area contributed by atoms with E-state index in [1.807, 2.05) is 18.2 Å². The average molecular weight is 265 g/mol. The van der Waals surface area contributed by atoms with Crippen LogP contribution in [-0.2, 0) is 0 Å². The van der Waals surface area contributed by atoms with Crippen molar-refractivity contribution in [1.82, 2.24) is 4.98 Å². The molecule has 0 unspecified atom stereocenters. The lowest BCUT2D eigenvalue weighted by Gasteiger charge is -2.14. The molecule has 2 aromatic rings. The molecule has 0 radical (unpaired) electrons. The van der Waals surface area contributed by atoms with Gasteiger partial charge in [-0.25, -0.2) is 4.98 Å². The van der Waals surface area contributed by atoms with Crippen molar-refractivity contribution in [3.63, 3.8) is 0 Å². The van der Waals surface area contributed by atoms with Gasteiger partial charge in [0, 0.05) is 17.3 Å². The Morgan fingerprint density at radius 2 is 1.89 bits per heavy atom. The van der Waals surface area contributed by atoms with E-state index in [2.05, 4.69) is 4.98 Å². The predicted molar refractivity (Wildman–Crippen MR) is 72.2 cm³/mol. The number of nitrogen functional groups attached to an aromatic ring is 1. The van der Waals surface area contributed by atoms with E-state index in [1.165, 1.54) is 0 Å². The molecule has 0 bridgehead atoms. The van der Waals surface area contributed by atoms with E-state index in [0.717, 1.165) is 11.1 Å². The fourth-order valence-corrected chi connectivity index (χ4v) is 2.07. The molecule has 0 fully saturated rings. The van der Waals surface area contributed by atoms with E-state index in [9.17, 15) is 0 Å². The summed E-state index contributed by atoms with van der Waals surface area (Å²) < 4.78 is 10.5. The lowest BCUT2D eigenvalue weighted by Crippen LogP contribution is -1.97. The second-order valence-electron chi connectivity index (χ2n) is 3.60. The predicted octanol–water partition coefficient (Wildman–Crippen LogP) is 3.00. The molecule has 0 aliphatic rings. The van der Waals surface area contributed by atoms with Gasteiger partial charge in [-0.2, -0.15) is 0 Å². The van der Waals surface area contributed by atoms with E-state index in [1.54, 1.807) is 26.5 Å². The van der Waals surface area contributed by atoms with Crippen molar-refractivity contribution in [1.29, 1.82) is 0 Å². The minimum Gasteiger partial charge on any atom is -0.495 e. The molecule has 2 rings (SSSR count). The maximum atomic E-state index is 6.21. The van der Waals surface area contributed by atoms with E-state index in [4.69, 9.17) is 26.8 Å². The number of aromatic nitrogens is 1. The van der Waals surface area contributed by atoms with Gasteiger partial charge in [-0.3, -0.25) is 0 Å². The molecule has 4 nitrogen and oxygen atoms in total. The molecule has 1 heterocycles. The molecule has 1 aromatic carbocycles. The molecule has 18 heavy (non-hydrogen) atoms. The van der Waals surface area contributed by atoms with Gasteiger partial charge in [0.15, 0.2) is 0 Å². The number of nitrogens with zero attached hydrogens (tertiary/aromatic N) is 1. The highest BCUT2D eigenvalue weighted by atomic mass is 35.5. The van der Waals surface area contributed by atoms with Gasteiger partial charge >= 0.3 is 0 Å². The molecule has 0 saturated carbocycles. The molecule has 0 aliphatic carbocycles. The van der Waals surface area contributed by atoms with Gasteiger partial charge in [0.25, 0.3) is 0 Å². The van der Waals surface area contributed by atoms with E-state index in [0.29, 0.717) is 22.3 Å². The number of hydrogen-bond acceptors (Lipinski definition) is 4. The summed E-state index contributed by atoms with van der Waals surface area (Å²) >= 11 is 6.21. The highest BCUT2D eigenvalue weighted by Crippen LogP contribution is 2.42. The number of rotatable bonds is 3. The Kier molecular flexibility index (Phi) is 3.58. The zero-order valence-corrected chi connectivity index (χ0v) is 10.9. The fraction of sp³-hybridized carbons (Fsp3) is 0.154. The van der Waals surface area contributed by atoms with Crippen LogP contribution in [0.25, 0.3) is 11.1 Å². The zero-order valence-electron chi connectivity index (χ0n) is 10.1. The maximum absolute atomic E-state index is 6.21. The topological polar surface area (TPSA) is 57.4 Å². The molecule has 2 N–H and O–H groups in total. The van der Waals surface area contributed by atoms with E-state index in [-0.39, 0.29) is 0 Å². The molecule has 0 spiro atoms. The smallest absolute Gasteiger partial charge is 0.149 e. The number of anilines is 1. The number of hydrogen-bond donors (Lipinski definition) is 1. The molecular formula is C13H13ClN2O2. The summed E-state index contributed by atoms with van der Waals surface area (Å²) in [5, 5.41) is 0.417. The van der Waals surface area contributed by atoms with Crippen molar-refractivity contribution >= 4 is 17.4 Å². The van der Waals surface area contributed by atoms with Crippen LogP contribution in [0.15, 0.2) is 30.5 Å². The Balaban J connectivity index is 2.66. The van der Waals surface area contributed by atoms with Crippen LogP contribution in [0.1, 0.15) is 0 Å². The Bertz CT molecular complexity index is 573. The number of pyridine rings is 1. The van der Waals surface area contributed by atoms with Gasteiger partial charge in [0.1, 0.15) is 22.3 Å². The minimum absolute atomic E-state index is 0.417. The first-order valence-electron chi connectivity index (χ1n) is 5.30. The van der Waals surface area contributed by atoms with Crippen LogP contribution in [0.4, 0.5) is 5.82 Å². The van der Waals surface area contributed by atoms with Crippen molar-refractivity contribution in [3.8, 4) is 22.6 Å². The normalized spacial score (nSPS) is 10.2. The summed E-state index contributed by atoms with van der Waals surface area (Å²) in [6.45, 7) is 0. The van der Waals surface area contributed by atoms with Gasteiger partial charge in [-0.15, -0.1) is 0 Å². The van der Waals surface area contributed by atoms with Crippen LogP contribution in [0.3, 0.4) is 0 Å². The third kappa shape index (κ3) is 2.07. The van der Waals surface area contributed by atoms with Crippen LogP contribution >= 0.6 is 11.6 Å². The van der Waals surface area contributed by atoms with Crippen molar-refractivity contribution in [2.24, 2.45) is 0 Å². The monoisotopic (exact) mass is 264 g/mol. The average Bonchev–Trinajstić information content (AvgIpc) is 2.39. The molecule has 0 aliphatic heterocycles. The number of nitrogens with two attached hydrogens (primary N) is 1. The summed E-state index contributed by atoms with van der Waals surface area (Å²) in [5.74, 6) is 1.51. The first kappa shape index (κ1) is 12.5. The fourth-order valence-electron chi connectivity index (χ4n) is 1.75. The molecule has 94 valence electrons. The number of ether oxygens (including phenoxy) is 2. The number of halogens is 1. The van der Waals surface area contributed by atoms with Crippen molar-refractivity contribution < 1.29 is 9.47 Å². The lowest BCUT2D eigenvalue weighted by molar-refractivity contribution is 0.396. The molecule has 0 atom stereocenters. The first-order chi connectivity index (χ1) is 8.69. The first-order valence-corrected chi connectivity index (χ1v) is 5.68. The highest BCUT2D eigenvalue weighted by Gasteiger charge is 2.16. The number of benzene rings is 1. The maximum Gasteiger partial charge on any atom is 0.149 e. The SMILES string of the molecule is COc1ccc(-c2cccnc2N)c(OC)c1Cl. The second-order valence-corrected chi connectivity index (χ2v) is 3.98. The highest BCUT2D eigenvalue weighted by molar-refractivity contribution is 6.34. The molecule has 1 aromatic heterocycles. The molecule has 0 saturated heterocycles. The van der Waals surface area contributed by atoms with Crippen LogP contribution in [0.2, 0.25) is 5.02 Å². The summed E-state index contributed by atoms with van der Waals surface area (Å²) in [5.41, 5.74) is 7.42. The van der Waals surface area contributed by atoms with E-state index >= 15 is 0 Å². The Hall–Kier alpha value is -1.94. The van der Waals surface area contributed by atoms with E-state index < -0.39 is 0 Å². The zero-order chi connectivity index (χ0) is 13.1. The van der Waals surface area contributed by atoms with Gasteiger partial charge in [-0.1, -0.05) is 11.6 Å². The quantitative estimate of drug-likeness (QED) is 0.926. The summed E-state index contributed by atoms with van der Waals surface area (Å²) in [6, 6.07) is 7.29. The van der Waals surface area contributed by atoms with Crippen LogP contribution in [0.5, 0.6) is 11.5 Å². The van der Waals surface area contributed by atoms with Crippen LogP contribution < -0.4 is 15.2 Å². The molecule has 0 amide bonds. The second kappa shape index (κ2) is 5.14. The third-order valence-electron chi connectivity index (χ3n) is 2.61. The standard InChI is InChI=1S/C13H13ClN2O2/c1-17-10-6-5-8(12(18-2)11(10)14)9-4-3-7-16-13(9)15/h3-7H,1-2H3,(H2,15,16). The van der Waals surface area contributed by atoms with Gasteiger partial charge in [0.05, 0.1) is 14.2 Å². The minimum atomic E-state index is 0.417. The largest absolute Gasteiger partial charge is 0.495 e. The lowest BCUT2D eigenvalue weighted by atomic mass is 10.1. The Morgan fingerprint density at radius 3 is 2.50 bits per heavy atom.